The number of aromatic nitrogens is 4. The first-order valence-electron chi connectivity index (χ1n) is 10.1. The average Bonchev–Trinajstić information content (AvgIpc) is 3.39. The van der Waals surface area contributed by atoms with Crippen molar-refractivity contribution in [3.05, 3.63) is 71.2 Å². The van der Waals surface area contributed by atoms with Crippen LogP contribution in [0.3, 0.4) is 0 Å². The molecule has 7 nitrogen and oxygen atoms in total. The van der Waals surface area contributed by atoms with Crippen LogP contribution in [0, 0.1) is 25.7 Å². The summed E-state index contributed by atoms with van der Waals surface area (Å²) in [7, 11) is 0. The van der Waals surface area contributed by atoms with Crippen molar-refractivity contribution in [1.82, 2.24) is 20.3 Å². The highest BCUT2D eigenvalue weighted by atomic mass is 19.4. The number of nitrogens with zero attached hydrogens (tertiary/aromatic N) is 3. The molecule has 0 bridgehead atoms. The zero-order valence-corrected chi connectivity index (χ0v) is 17.9. The van der Waals surface area contributed by atoms with Crippen LogP contribution in [0.15, 0.2) is 53.2 Å². The Morgan fingerprint density at radius 2 is 1.91 bits per heavy atom. The van der Waals surface area contributed by atoms with E-state index in [1.807, 2.05) is 25.1 Å². The van der Waals surface area contributed by atoms with Crippen LogP contribution in [-0.4, -0.2) is 26.7 Å². The molecule has 0 fully saturated rings. The third kappa shape index (κ3) is 4.23. The van der Waals surface area contributed by atoms with Gasteiger partial charge in [-0.15, -0.1) is 13.2 Å². The van der Waals surface area contributed by atoms with E-state index in [1.54, 1.807) is 19.2 Å². The summed E-state index contributed by atoms with van der Waals surface area (Å²) < 4.78 is 47.2. The van der Waals surface area contributed by atoms with Gasteiger partial charge in [0, 0.05) is 22.7 Å². The van der Waals surface area contributed by atoms with Crippen LogP contribution in [0.1, 0.15) is 22.5 Å². The summed E-state index contributed by atoms with van der Waals surface area (Å²) in [6.07, 6.45) is -3.05. The summed E-state index contributed by atoms with van der Waals surface area (Å²) in [5, 5.41) is 15.5. The first-order valence-corrected chi connectivity index (χ1v) is 10.1. The Morgan fingerprint density at radius 3 is 2.74 bits per heavy atom. The van der Waals surface area contributed by atoms with E-state index in [2.05, 4.69) is 42.2 Å². The standard InChI is InChI=1S/C24H16F3N5O2/c1-13-19(9-7-15-6-8-16-12-28-31-20(16)10-15)22-21(14(2)29-13)23(32-34-22)30-17-4-3-5-18(11-17)33-24(25,26)27/h3-6,8,10-12H,1-2H3,(H,28,31)(H,30,32). The second-order valence-corrected chi connectivity index (χ2v) is 7.52. The van der Waals surface area contributed by atoms with Crippen molar-refractivity contribution in [3.63, 3.8) is 0 Å². The topological polar surface area (TPSA) is 88.9 Å². The lowest BCUT2D eigenvalue weighted by molar-refractivity contribution is -0.274. The molecule has 5 aromatic rings. The van der Waals surface area contributed by atoms with Gasteiger partial charge in [-0.05, 0) is 44.2 Å². The monoisotopic (exact) mass is 463 g/mol. The van der Waals surface area contributed by atoms with Gasteiger partial charge in [0.2, 0.25) is 0 Å². The van der Waals surface area contributed by atoms with Gasteiger partial charge < -0.3 is 14.6 Å². The van der Waals surface area contributed by atoms with Gasteiger partial charge in [0.1, 0.15) is 5.75 Å². The van der Waals surface area contributed by atoms with Crippen molar-refractivity contribution in [2.24, 2.45) is 0 Å². The summed E-state index contributed by atoms with van der Waals surface area (Å²) in [4.78, 5) is 4.56. The Hall–Kier alpha value is -4.52. The van der Waals surface area contributed by atoms with Crippen LogP contribution < -0.4 is 10.1 Å². The minimum absolute atomic E-state index is 0.311. The summed E-state index contributed by atoms with van der Waals surface area (Å²) >= 11 is 0. The quantitative estimate of drug-likeness (QED) is 0.331. The van der Waals surface area contributed by atoms with Gasteiger partial charge in [-0.3, -0.25) is 10.1 Å². The van der Waals surface area contributed by atoms with Crippen molar-refractivity contribution < 1.29 is 22.4 Å². The van der Waals surface area contributed by atoms with Crippen LogP contribution in [0.5, 0.6) is 5.75 Å². The van der Waals surface area contributed by atoms with Crippen LogP contribution in [0.25, 0.3) is 21.9 Å². The number of aryl methyl sites for hydroxylation is 2. The molecule has 0 unspecified atom stereocenters. The number of ether oxygens (including phenoxy) is 1. The lowest BCUT2D eigenvalue weighted by Gasteiger charge is -2.10. The number of hydrogen-bond acceptors (Lipinski definition) is 6. The predicted octanol–water partition coefficient (Wildman–Crippen LogP) is 5.76. The number of halogens is 3. The Morgan fingerprint density at radius 1 is 1.06 bits per heavy atom. The Balaban J connectivity index is 1.51. The lowest BCUT2D eigenvalue weighted by Crippen LogP contribution is -2.17. The molecule has 2 N–H and O–H groups in total. The highest BCUT2D eigenvalue weighted by molar-refractivity contribution is 5.95. The molecule has 0 saturated heterocycles. The highest BCUT2D eigenvalue weighted by Gasteiger charge is 2.31. The average molecular weight is 463 g/mol. The molecule has 0 aliphatic carbocycles. The summed E-state index contributed by atoms with van der Waals surface area (Å²) in [6.45, 7) is 3.62. The Labute approximate surface area is 190 Å². The third-order valence-corrected chi connectivity index (χ3v) is 5.08. The normalized spacial score (nSPS) is 11.4. The summed E-state index contributed by atoms with van der Waals surface area (Å²) in [5.74, 6) is 6.19. The molecule has 10 heteroatoms. The Bertz CT molecular complexity index is 1590. The molecule has 0 saturated carbocycles. The van der Waals surface area contributed by atoms with E-state index < -0.39 is 6.36 Å². The van der Waals surface area contributed by atoms with E-state index in [1.165, 1.54) is 18.2 Å². The van der Waals surface area contributed by atoms with Crippen LogP contribution in [0.4, 0.5) is 24.7 Å². The number of benzene rings is 2. The van der Waals surface area contributed by atoms with Gasteiger partial charge in [0.15, 0.2) is 11.4 Å². The highest BCUT2D eigenvalue weighted by Crippen LogP contribution is 2.32. The van der Waals surface area contributed by atoms with Gasteiger partial charge in [-0.1, -0.05) is 23.1 Å². The fraction of sp³-hybridized carbons (Fsp3) is 0.125. The van der Waals surface area contributed by atoms with E-state index in [0.29, 0.717) is 39.4 Å². The third-order valence-electron chi connectivity index (χ3n) is 5.08. The molecule has 3 heterocycles. The molecule has 0 aliphatic rings. The van der Waals surface area contributed by atoms with E-state index >= 15 is 0 Å². The van der Waals surface area contributed by atoms with Crippen molar-refractivity contribution in [2.75, 3.05) is 5.32 Å². The van der Waals surface area contributed by atoms with Crippen LogP contribution >= 0.6 is 0 Å². The van der Waals surface area contributed by atoms with Crippen molar-refractivity contribution >= 4 is 33.4 Å². The molecule has 0 spiro atoms. The van der Waals surface area contributed by atoms with E-state index in [-0.39, 0.29) is 5.75 Å². The maximum Gasteiger partial charge on any atom is 0.573 e. The molecule has 170 valence electrons. The molecular weight excluding hydrogens is 447 g/mol. The molecule has 0 amide bonds. The summed E-state index contributed by atoms with van der Waals surface area (Å²) in [5.41, 5.74) is 4.32. The van der Waals surface area contributed by atoms with Gasteiger partial charge in [-0.25, -0.2) is 0 Å². The van der Waals surface area contributed by atoms with Gasteiger partial charge in [0.25, 0.3) is 0 Å². The van der Waals surface area contributed by atoms with Crippen molar-refractivity contribution in [3.8, 4) is 17.6 Å². The number of alkyl halides is 3. The number of anilines is 2. The molecule has 34 heavy (non-hydrogen) atoms. The number of pyridine rings is 1. The fourth-order valence-electron chi connectivity index (χ4n) is 3.61. The zero-order chi connectivity index (χ0) is 23.9. The molecular formula is C24H16F3N5O2. The van der Waals surface area contributed by atoms with Crippen molar-refractivity contribution in [2.45, 2.75) is 20.2 Å². The van der Waals surface area contributed by atoms with E-state index in [0.717, 1.165) is 16.5 Å². The van der Waals surface area contributed by atoms with E-state index in [9.17, 15) is 13.2 Å². The summed E-state index contributed by atoms with van der Waals surface area (Å²) in [6, 6.07) is 11.2. The smallest absolute Gasteiger partial charge is 0.406 e. The van der Waals surface area contributed by atoms with Crippen LogP contribution in [-0.2, 0) is 0 Å². The number of rotatable bonds is 3. The van der Waals surface area contributed by atoms with E-state index in [4.69, 9.17) is 4.52 Å². The van der Waals surface area contributed by atoms with Gasteiger partial charge >= 0.3 is 6.36 Å². The molecule has 3 aromatic heterocycles. The number of aromatic amines is 1. The number of hydrogen-bond donors (Lipinski definition) is 2. The zero-order valence-electron chi connectivity index (χ0n) is 17.9. The minimum atomic E-state index is -4.78. The minimum Gasteiger partial charge on any atom is -0.406 e. The predicted molar refractivity (Wildman–Crippen MR) is 120 cm³/mol. The Kier molecular flexibility index (Phi) is 5.09. The fourth-order valence-corrected chi connectivity index (χ4v) is 3.61. The molecule has 0 atom stereocenters. The first-order chi connectivity index (χ1) is 16.3. The number of nitrogens with one attached hydrogen (secondary N) is 2. The first kappa shape index (κ1) is 21.3. The largest absolute Gasteiger partial charge is 0.573 e. The van der Waals surface area contributed by atoms with Gasteiger partial charge in [-0.2, -0.15) is 5.10 Å². The van der Waals surface area contributed by atoms with Gasteiger partial charge in [0.05, 0.1) is 34.1 Å². The molecule has 0 aliphatic heterocycles. The second kappa shape index (κ2) is 8.12. The molecule has 0 radical (unpaired) electrons. The van der Waals surface area contributed by atoms with Crippen molar-refractivity contribution in [1.29, 1.82) is 0 Å². The number of H-pyrrole nitrogens is 1. The lowest BCUT2D eigenvalue weighted by atomic mass is 10.1. The molecule has 5 rings (SSSR count). The van der Waals surface area contributed by atoms with Crippen LogP contribution in [0.2, 0.25) is 0 Å². The maximum absolute atomic E-state index is 12.6. The second-order valence-electron chi connectivity index (χ2n) is 7.52. The number of fused-ring (bicyclic) bond motifs is 2. The maximum atomic E-state index is 12.6. The SMILES string of the molecule is Cc1nc(C)c2c(Nc3cccc(OC(F)(F)F)c3)noc2c1C#Cc1ccc2cn[nH]c2c1. The molecule has 2 aromatic carbocycles.